The van der Waals surface area contributed by atoms with Gasteiger partial charge in [0.2, 0.25) is 0 Å². The Morgan fingerprint density at radius 1 is 1.30 bits per heavy atom. The molecular weight excluding hydrogens is 403 g/mol. The molecule has 1 aromatic rings. The third kappa shape index (κ3) is 7.99. The highest BCUT2D eigenvalue weighted by molar-refractivity contribution is 14.0. The standard InChI is InChI=1S/C17H28N4O.HI/c1-2-3-7-19-17(18)20-13-15-5-4-6-16(12-15)14-21-8-10-22-11-9-21;/h4-6,12H,2-3,7-11,13-14H2,1H3,(H3,18,19,20);1H. The topological polar surface area (TPSA) is 62.9 Å². The number of halogens is 1. The molecule has 23 heavy (non-hydrogen) atoms. The van der Waals surface area contributed by atoms with E-state index in [1.54, 1.807) is 0 Å². The van der Waals surface area contributed by atoms with Gasteiger partial charge in [0.15, 0.2) is 5.96 Å². The van der Waals surface area contributed by atoms with Crippen LogP contribution in [0, 0.1) is 0 Å². The number of ether oxygens (including phenoxy) is 1. The first-order valence-electron chi connectivity index (χ1n) is 8.19. The van der Waals surface area contributed by atoms with Gasteiger partial charge < -0.3 is 15.8 Å². The summed E-state index contributed by atoms with van der Waals surface area (Å²) in [5, 5.41) is 3.14. The second-order valence-corrected chi connectivity index (χ2v) is 5.69. The van der Waals surface area contributed by atoms with E-state index < -0.39 is 0 Å². The van der Waals surface area contributed by atoms with Crippen molar-refractivity contribution in [2.75, 3.05) is 32.8 Å². The fraction of sp³-hybridized carbons (Fsp3) is 0.588. The van der Waals surface area contributed by atoms with E-state index >= 15 is 0 Å². The van der Waals surface area contributed by atoms with Crippen LogP contribution in [0.15, 0.2) is 29.3 Å². The van der Waals surface area contributed by atoms with Crippen LogP contribution in [0.1, 0.15) is 30.9 Å². The first-order valence-corrected chi connectivity index (χ1v) is 8.19. The first-order chi connectivity index (χ1) is 10.8. The Morgan fingerprint density at radius 3 is 2.78 bits per heavy atom. The number of morpholine rings is 1. The molecule has 0 amide bonds. The Hall–Kier alpha value is -0.860. The van der Waals surface area contributed by atoms with Crippen molar-refractivity contribution >= 4 is 29.9 Å². The predicted molar refractivity (Wildman–Crippen MR) is 106 cm³/mol. The van der Waals surface area contributed by atoms with E-state index in [0.29, 0.717) is 12.5 Å². The van der Waals surface area contributed by atoms with E-state index in [9.17, 15) is 0 Å². The summed E-state index contributed by atoms with van der Waals surface area (Å²) in [7, 11) is 0. The summed E-state index contributed by atoms with van der Waals surface area (Å²) in [6.45, 7) is 8.35. The fourth-order valence-electron chi connectivity index (χ4n) is 2.47. The number of hydrogen-bond donors (Lipinski definition) is 2. The maximum absolute atomic E-state index is 5.87. The summed E-state index contributed by atoms with van der Waals surface area (Å²) in [5.41, 5.74) is 8.39. The highest BCUT2D eigenvalue weighted by atomic mass is 127. The molecule has 1 aliphatic heterocycles. The molecule has 0 aliphatic carbocycles. The van der Waals surface area contributed by atoms with Gasteiger partial charge in [-0.05, 0) is 17.5 Å². The lowest BCUT2D eigenvalue weighted by molar-refractivity contribution is 0.0342. The molecule has 0 saturated carbocycles. The van der Waals surface area contributed by atoms with Crippen molar-refractivity contribution in [2.45, 2.75) is 32.9 Å². The van der Waals surface area contributed by atoms with Gasteiger partial charge in [0, 0.05) is 26.2 Å². The molecule has 0 atom stereocenters. The van der Waals surface area contributed by atoms with Crippen LogP contribution in [0.2, 0.25) is 0 Å². The third-order valence-corrected chi connectivity index (χ3v) is 3.77. The maximum atomic E-state index is 5.87. The van der Waals surface area contributed by atoms with E-state index in [1.807, 2.05) is 0 Å². The molecule has 0 spiro atoms. The Kier molecular flexibility index (Phi) is 10.2. The van der Waals surface area contributed by atoms with E-state index in [4.69, 9.17) is 10.5 Å². The van der Waals surface area contributed by atoms with Crippen molar-refractivity contribution in [3.05, 3.63) is 35.4 Å². The molecule has 0 unspecified atom stereocenters. The molecule has 0 radical (unpaired) electrons. The Balaban J connectivity index is 0.00000264. The number of benzene rings is 1. The molecule has 1 saturated heterocycles. The zero-order valence-corrected chi connectivity index (χ0v) is 16.3. The fourth-order valence-corrected chi connectivity index (χ4v) is 2.47. The number of hydrogen-bond acceptors (Lipinski definition) is 3. The number of guanidine groups is 1. The van der Waals surface area contributed by atoms with Crippen LogP contribution >= 0.6 is 24.0 Å². The van der Waals surface area contributed by atoms with E-state index in [-0.39, 0.29) is 24.0 Å². The maximum Gasteiger partial charge on any atom is 0.188 e. The monoisotopic (exact) mass is 432 g/mol. The Bertz CT molecular complexity index is 475. The van der Waals surface area contributed by atoms with Gasteiger partial charge in [-0.2, -0.15) is 0 Å². The molecule has 1 fully saturated rings. The van der Waals surface area contributed by atoms with Crippen LogP contribution in [-0.4, -0.2) is 43.7 Å². The number of nitrogens with one attached hydrogen (secondary N) is 1. The minimum atomic E-state index is 0. The van der Waals surface area contributed by atoms with Gasteiger partial charge in [0.05, 0.1) is 19.8 Å². The number of unbranched alkanes of at least 4 members (excludes halogenated alkanes) is 1. The van der Waals surface area contributed by atoms with E-state index in [2.05, 4.69) is 46.4 Å². The van der Waals surface area contributed by atoms with Crippen LogP contribution in [0.25, 0.3) is 0 Å². The van der Waals surface area contributed by atoms with Crippen molar-refractivity contribution in [1.82, 2.24) is 10.2 Å². The second kappa shape index (κ2) is 11.6. The predicted octanol–water partition coefficient (Wildman–Crippen LogP) is 2.34. The van der Waals surface area contributed by atoms with Gasteiger partial charge in [-0.1, -0.05) is 37.6 Å². The summed E-state index contributed by atoms with van der Waals surface area (Å²) in [5.74, 6) is 0.534. The van der Waals surface area contributed by atoms with Crippen molar-refractivity contribution in [1.29, 1.82) is 0 Å². The van der Waals surface area contributed by atoms with Crippen molar-refractivity contribution in [3.63, 3.8) is 0 Å². The summed E-state index contributed by atoms with van der Waals surface area (Å²) < 4.78 is 5.39. The van der Waals surface area contributed by atoms with Crippen molar-refractivity contribution < 1.29 is 4.74 Å². The zero-order chi connectivity index (χ0) is 15.6. The molecule has 130 valence electrons. The minimum absolute atomic E-state index is 0. The van der Waals surface area contributed by atoms with E-state index in [0.717, 1.165) is 52.2 Å². The van der Waals surface area contributed by atoms with E-state index in [1.165, 1.54) is 11.1 Å². The van der Waals surface area contributed by atoms with Crippen molar-refractivity contribution in [3.8, 4) is 0 Å². The van der Waals surface area contributed by atoms with Gasteiger partial charge in [-0.25, -0.2) is 4.99 Å². The first kappa shape index (κ1) is 20.2. The molecule has 1 aromatic carbocycles. The lowest BCUT2D eigenvalue weighted by Crippen LogP contribution is -2.35. The van der Waals surface area contributed by atoms with Crippen LogP contribution in [-0.2, 0) is 17.8 Å². The number of nitrogens with zero attached hydrogens (tertiary/aromatic N) is 2. The average molecular weight is 432 g/mol. The van der Waals surface area contributed by atoms with Gasteiger partial charge >= 0.3 is 0 Å². The SMILES string of the molecule is CCCCNC(N)=NCc1cccc(CN2CCOCC2)c1.I. The molecule has 1 aliphatic rings. The summed E-state index contributed by atoms with van der Waals surface area (Å²) in [6, 6.07) is 8.59. The van der Waals surface area contributed by atoms with Gasteiger partial charge in [0.1, 0.15) is 0 Å². The van der Waals surface area contributed by atoms with Gasteiger partial charge in [0.25, 0.3) is 0 Å². The molecule has 0 aromatic heterocycles. The van der Waals surface area contributed by atoms with Crippen LogP contribution in [0.3, 0.4) is 0 Å². The lowest BCUT2D eigenvalue weighted by Gasteiger charge is -2.26. The molecule has 1 heterocycles. The van der Waals surface area contributed by atoms with Crippen LogP contribution in [0.5, 0.6) is 0 Å². The molecule has 5 nitrogen and oxygen atoms in total. The normalized spacial score (nSPS) is 16.0. The highest BCUT2D eigenvalue weighted by Crippen LogP contribution is 2.10. The second-order valence-electron chi connectivity index (χ2n) is 5.69. The molecule has 2 rings (SSSR count). The third-order valence-electron chi connectivity index (χ3n) is 3.77. The largest absolute Gasteiger partial charge is 0.379 e. The zero-order valence-electron chi connectivity index (χ0n) is 14.0. The van der Waals surface area contributed by atoms with Crippen LogP contribution < -0.4 is 11.1 Å². The molecule has 6 heteroatoms. The number of nitrogens with two attached hydrogens (primary N) is 1. The average Bonchev–Trinajstić information content (AvgIpc) is 2.55. The lowest BCUT2D eigenvalue weighted by atomic mass is 10.1. The highest BCUT2D eigenvalue weighted by Gasteiger charge is 2.10. The molecule has 0 bridgehead atoms. The van der Waals surface area contributed by atoms with Crippen LogP contribution in [0.4, 0.5) is 0 Å². The Labute approximate surface area is 156 Å². The molecule has 3 N–H and O–H groups in total. The quantitative estimate of drug-likeness (QED) is 0.301. The summed E-state index contributed by atoms with van der Waals surface area (Å²) in [6.07, 6.45) is 2.27. The number of aliphatic imine (C=N–C) groups is 1. The summed E-state index contributed by atoms with van der Waals surface area (Å²) >= 11 is 0. The minimum Gasteiger partial charge on any atom is -0.379 e. The number of rotatable bonds is 7. The Morgan fingerprint density at radius 2 is 2.04 bits per heavy atom. The van der Waals surface area contributed by atoms with Crippen molar-refractivity contribution in [2.24, 2.45) is 10.7 Å². The van der Waals surface area contributed by atoms with Gasteiger partial charge in [-0.15, -0.1) is 24.0 Å². The smallest absolute Gasteiger partial charge is 0.188 e. The molecular formula is C17H29IN4O. The van der Waals surface area contributed by atoms with Gasteiger partial charge in [-0.3, -0.25) is 4.90 Å². The summed E-state index contributed by atoms with van der Waals surface area (Å²) in [4.78, 5) is 6.83.